The summed E-state index contributed by atoms with van der Waals surface area (Å²) in [6, 6.07) is 5.40. The monoisotopic (exact) mass is 239 g/mol. The Morgan fingerprint density at radius 2 is 2.19 bits per heavy atom. The van der Waals surface area contributed by atoms with E-state index in [4.69, 9.17) is 15.2 Å². The zero-order valence-corrected chi connectivity index (χ0v) is 9.88. The molecule has 0 saturated heterocycles. The Bertz CT molecular complexity index is 407. The number of rotatable bonds is 4. The van der Waals surface area contributed by atoms with Crippen molar-refractivity contribution in [2.45, 2.75) is 0 Å². The van der Waals surface area contributed by atoms with Crippen molar-refractivity contribution >= 4 is 23.5 Å². The van der Waals surface area contributed by atoms with E-state index in [0.717, 1.165) is 11.3 Å². The summed E-state index contributed by atoms with van der Waals surface area (Å²) in [5.41, 5.74) is 8.49. The molecular formula is C10H13N3O2S. The molecule has 0 aromatic heterocycles. The van der Waals surface area contributed by atoms with E-state index in [0.29, 0.717) is 5.75 Å². The molecule has 0 aliphatic heterocycles. The van der Waals surface area contributed by atoms with Gasteiger partial charge in [0, 0.05) is 11.6 Å². The van der Waals surface area contributed by atoms with E-state index < -0.39 is 0 Å². The van der Waals surface area contributed by atoms with Gasteiger partial charge in [0.25, 0.3) is 0 Å². The van der Waals surface area contributed by atoms with Gasteiger partial charge in [0.15, 0.2) is 5.11 Å². The Hall–Kier alpha value is -1.82. The second-order valence-electron chi connectivity index (χ2n) is 2.84. The van der Waals surface area contributed by atoms with Crippen molar-refractivity contribution in [1.29, 1.82) is 0 Å². The lowest BCUT2D eigenvalue weighted by molar-refractivity contribution is 0.394. The smallest absolute Gasteiger partial charge is 0.184 e. The molecule has 0 bridgehead atoms. The van der Waals surface area contributed by atoms with Gasteiger partial charge >= 0.3 is 0 Å². The lowest BCUT2D eigenvalue weighted by Gasteiger charge is -2.06. The van der Waals surface area contributed by atoms with Crippen molar-refractivity contribution in [2.75, 3.05) is 14.2 Å². The van der Waals surface area contributed by atoms with Crippen LogP contribution in [-0.2, 0) is 0 Å². The van der Waals surface area contributed by atoms with Crippen LogP contribution in [0, 0.1) is 0 Å². The van der Waals surface area contributed by atoms with Crippen LogP contribution in [0.4, 0.5) is 0 Å². The molecular weight excluding hydrogens is 226 g/mol. The van der Waals surface area contributed by atoms with E-state index in [9.17, 15) is 0 Å². The van der Waals surface area contributed by atoms with Gasteiger partial charge in [-0.2, -0.15) is 5.10 Å². The topological polar surface area (TPSA) is 68.9 Å². The van der Waals surface area contributed by atoms with Gasteiger partial charge in [-0.05, 0) is 24.4 Å². The number of hydrazone groups is 1. The van der Waals surface area contributed by atoms with Crippen LogP contribution in [0.1, 0.15) is 5.56 Å². The van der Waals surface area contributed by atoms with Crippen molar-refractivity contribution in [3.8, 4) is 11.5 Å². The number of ether oxygens (including phenoxy) is 2. The van der Waals surface area contributed by atoms with Crippen LogP contribution in [0.2, 0.25) is 0 Å². The number of nitrogens with two attached hydrogens (primary N) is 1. The molecule has 1 aromatic carbocycles. The van der Waals surface area contributed by atoms with E-state index >= 15 is 0 Å². The fraction of sp³-hybridized carbons (Fsp3) is 0.200. The minimum atomic E-state index is 0.115. The van der Waals surface area contributed by atoms with Gasteiger partial charge in [-0.15, -0.1) is 0 Å². The third-order valence-corrected chi connectivity index (χ3v) is 1.91. The van der Waals surface area contributed by atoms with Crippen molar-refractivity contribution in [3.05, 3.63) is 23.8 Å². The molecule has 0 spiro atoms. The number of nitrogens with one attached hydrogen (secondary N) is 1. The number of hydrogen-bond donors (Lipinski definition) is 2. The van der Waals surface area contributed by atoms with Gasteiger partial charge in [-0.3, -0.25) is 5.43 Å². The average Bonchev–Trinajstić information content (AvgIpc) is 2.29. The first kappa shape index (κ1) is 12.3. The zero-order valence-electron chi connectivity index (χ0n) is 9.06. The van der Waals surface area contributed by atoms with Gasteiger partial charge in [0.05, 0.1) is 20.4 Å². The van der Waals surface area contributed by atoms with Crippen LogP contribution >= 0.6 is 12.2 Å². The van der Waals surface area contributed by atoms with Crippen LogP contribution in [0.3, 0.4) is 0 Å². The molecule has 1 aromatic rings. The predicted molar refractivity (Wildman–Crippen MR) is 67.1 cm³/mol. The molecule has 0 atom stereocenters. The number of methoxy groups -OCH3 is 2. The number of thiocarbonyl (C=S) groups is 1. The first-order valence-corrected chi connectivity index (χ1v) is 4.88. The Kier molecular flexibility index (Phi) is 4.53. The summed E-state index contributed by atoms with van der Waals surface area (Å²) >= 11 is 4.61. The molecule has 0 aliphatic carbocycles. The lowest BCUT2D eigenvalue weighted by Crippen LogP contribution is -2.24. The summed E-state index contributed by atoms with van der Waals surface area (Å²) in [6.45, 7) is 0. The fourth-order valence-corrected chi connectivity index (χ4v) is 1.14. The standard InChI is InChI=1S/C10H13N3O2S/c1-14-8-4-3-7(9(5-8)15-2)6-12-13-10(11)16/h3-6H,1-2H3,(H3,11,13,16)/b12-6+. The molecule has 0 fully saturated rings. The highest BCUT2D eigenvalue weighted by Gasteiger charge is 2.02. The van der Waals surface area contributed by atoms with E-state index in [1.807, 2.05) is 12.1 Å². The van der Waals surface area contributed by atoms with Gasteiger partial charge in [0.2, 0.25) is 0 Å². The van der Waals surface area contributed by atoms with Gasteiger partial charge in [-0.1, -0.05) is 0 Å². The van der Waals surface area contributed by atoms with Crippen molar-refractivity contribution in [3.63, 3.8) is 0 Å². The third kappa shape index (κ3) is 3.39. The zero-order chi connectivity index (χ0) is 12.0. The van der Waals surface area contributed by atoms with E-state index in [2.05, 4.69) is 22.7 Å². The summed E-state index contributed by atoms with van der Waals surface area (Å²) in [4.78, 5) is 0. The largest absolute Gasteiger partial charge is 0.497 e. The van der Waals surface area contributed by atoms with E-state index in [1.165, 1.54) is 0 Å². The van der Waals surface area contributed by atoms with Crippen molar-refractivity contribution in [2.24, 2.45) is 10.8 Å². The summed E-state index contributed by atoms with van der Waals surface area (Å²) in [6.07, 6.45) is 1.57. The Morgan fingerprint density at radius 1 is 1.44 bits per heavy atom. The maximum atomic E-state index is 5.23. The average molecular weight is 239 g/mol. The molecule has 5 nitrogen and oxygen atoms in total. The minimum Gasteiger partial charge on any atom is -0.497 e. The van der Waals surface area contributed by atoms with Crippen molar-refractivity contribution in [1.82, 2.24) is 5.43 Å². The van der Waals surface area contributed by atoms with Crippen LogP contribution < -0.4 is 20.6 Å². The number of hydrogen-bond acceptors (Lipinski definition) is 4. The molecule has 3 N–H and O–H groups in total. The Labute approximate surface area is 99.2 Å². The summed E-state index contributed by atoms with van der Waals surface area (Å²) in [7, 11) is 3.17. The van der Waals surface area contributed by atoms with Crippen LogP contribution in [0.25, 0.3) is 0 Å². The highest BCUT2D eigenvalue weighted by molar-refractivity contribution is 7.80. The number of nitrogens with zero attached hydrogens (tertiary/aromatic N) is 1. The molecule has 1 rings (SSSR count). The third-order valence-electron chi connectivity index (χ3n) is 1.82. The number of benzene rings is 1. The van der Waals surface area contributed by atoms with Crippen LogP contribution in [-0.4, -0.2) is 25.5 Å². The van der Waals surface area contributed by atoms with Gasteiger partial charge < -0.3 is 15.2 Å². The summed E-state index contributed by atoms with van der Waals surface area (Å²) in [5, 5.41) is 3.96. The first-order valence-electron chi connectivity index (χ1n) is 4.48. The first-order chi connectivity index (χ1) is 7.67. The second kappa shape index (κ2) is 5.92. The normalized spacial score (nSPS) is 10.1. The highest BCUT2D eigenvalue weighted by atomic mass is 32.1. The predicted octanol–water partition coefficient (Wildman–Crippen LogP) is 0.871. The molecule has 0 radical (unpaired) electrons. The van der Waals surface area contributed by atoms with Gasteiger partial charge in [0.1, 0.15) is 11.5 Å². The van der Waals surface area contributed by atoms with Crippen LogP contribution in [0.15, 0.2) is 23.3 Å². The Balaban J connectivity index is 2.87. The Morgan fingerprint density at radius 3 is 2.75 bits per heavy atom. The van der Waals surface area contributed by atoms with E-state index in [1.54, 1.807) is 26.5 Å². The SMILES string of the molecule is COc1ccc(/C=N/NC(N)=S)c(OC)c1. The highest BCUT2D eigenvalue weighted by Crippen LogP contribution is 2.22. The quantitative estimate of drug-likeness (QED) is 0.463. The molecule has 0 aliphatic rings. The summed E-state index contributed by atoms with van der Waals surface area (Å²) in [5.74, 6) is 1.38. The van der Waals surface area contributed by atoms with Crippen LogP contribution in [0.5, 0.6) is 11.5 Å². The second-order valence-corrected chi connectivity index (χ2v) is 3.28. The molecule has 86 valence electrons. The molecule has 0 unspecified atom stereocenters. The molecule has 16 heavy (non-hydrogen) atoms. The lowest BCUT2D eigenvalue weighted by atomic mass is 10.2. The van der Waals surface area contributed by atoms with E-state index in [-0.39, 0.29) is 5.11 Å². The molecule has 0 heterocycles. The maximum absolute atomic E-state index is 5.23. The minimum absolute atomic E-state index is 0.115. The molecule has 6 heteroatoms. The van der Waals surface area contributed by atoms with Gasteiger partial charge in [-0.25, -0.2) is 0 Å². The fourth-order valence-electron chi connectivity index (χ4n) is 1.09. The van der Waals surface area contributed by atoms with Crippen molar-refractivity contribution < 1.29 is 9.47 Å². The molecule has 0 saturated carbocycles. The maximum Gasteiger partial charge on any atom is 0.184 e. The summed E-state index contributed by atoms with van der Waals surface area (Å²) < 4.78 is 10.3. The molecule has 0 amide bonds.